The van der Waals surface area contributed by atoms with E-state index < -0.39 is 0 Å². The van der Waals surface area contributed by atoms with Gasteiger partial charge in [-0.1, -0.05) is 24.3 Å². The second kappa shape index (κ2) is 7.75. The van der Waals surface area contributed by atoms with Gasteiger partial charge in [0, 0.05) is 32.2 Å². The zero-order valence-electron chi connectivity index (χ0n) is 16.4. The van der Waals surface area contributed by atoms with Crippen molar-refractivity contribution in [2.75, 3.05) is 24.5 Å². The Hall–Kier alpha value is -2.67. The summed E-state index contributed by atoms with van der Waals surface area (Å²) in [6, 6.07) is 9.96. The Kier molecular flexibility index (Phi) is 5.17. The molecule has 7 nitrogen and oxygen atoms in total. The Morgan fingerprint density at radius 3 is 2.61 bits per heavy atom. The predicted octanol–water partition coefficient (Wildman–Crippen LogP) is 1.44. The number of rotatable bonds is 3. The molecule has 0 spiro atoms. The molecule has 3 heterocycles. The average Bonchev–Trinajstić information content (AvgIpc) is 2.68. The van der Waals surface area contributed by atoms with Gasteiger partial charge in [-0.15, -0.1) is 0 Å². The number of hydrogen-bond acceptors (Lipinski definition) is 5. The van der Waals surface area contributed by atoms with Crippen molar-refractivity contribution in [1.82, 2.24) is 14.7 Å². The summed E-state index contributed by atoms with van der Waals surface area (Å²) in [7, 11) is 0. The first-order chi connectivity index (χ1) is 13.5. The maximum Gasteiger partial charge on any atom is 0.269 e. The van der Waals surface area contributed by atoms with Gasteiger partial charge in [0.05, 0.1) is 24.1 Å². The van der Waals surface area contributed by atoms with Crippen LogP contribution in [0.3, 0.4) is 0 Å². The summed E-state index contributed by atoms with van der Waals surface area (Å²) in [5, 5.41) is 4.27. The van der Waals surface area contributed by atoms with Crippen LogP contribution in [0.4, 0.5) is 5.69 Å². The van der Waals surface area contributed by atoms with Crippen LogP contribution < -0.4 is 10.5 Å². The van der Waals surface area contributed by atoms with Crippen molar-refractivity contribution in [3.63, 3.8) is 0 Å². The van der Waals surface area contributed by atoms with Crippen LogP contribution in [0.5, 0.6) is 0 Å². The quantitative estimate of drug-likeness (QED) is 0.804. The van der Waals surface area contributed by atoms with Crippen LogP contribution in [-0.2, 0) is 29.0 Å². The molecule has 1 fully saturated rings. The van der Waals surface area contributed by atoms with Gasteiger partial charge in [-0.3, -0.25) is 9.59 Å². The third-order valence-electron chi connectivity index (χ3n) is 5.41. The minimum absolute atomic E-state index is 0.00161. The molecule has 2 aliphatic heterocycles. The molecule has 2 aliphatic rings. The topological polar surface area (TPSA) is 67.7 Å². The van der Waals surface area contributed by atoms with Crippen LogP contribution in [0, 0.1) is 0 Å². The summed E-state index contributed by atoms with van der Waals surface area (Å²) >= 11 is 0. The molecular weight excluding hydrogens is 356 g/mol. The number of carbonyl (C=O) groups is 1. The molecule has 2 aromatic rings. The second-order valence-corrected chi connectivity index (χ2v) is 7.71. The van der Waals surface area contributed by atoms with Gasteiger partial charge in [-0.25, -0.2) is 4.68 Å². The minimum atomic E-state index is -0.251. The zero-order valence-corrected chi connectivity index (χ0v) is 16.4. The van der Waals surface area contributed by atoms with Gasteiger partial charge in [-0.2, -0.15) is 5.10 Å². The number of fused-ring (bicyclic) bond motifs is 1. The van der Waals surface area contributed by atoms with Crippen LogP contribution in [0.1, 0.15) is 25.0 Å². The van der Waals surface area contributed by atoms with Crippen LogP contribution in [0.2, 0.25) is 0 Å². The van der Waals surface area contributed by atoms with E-state index in [1.807, 2.05) is 19.9 Å². The van der Waals surface area contributed by atoms with E-state index in [4.69, 9.17) is 4.74 Å². The maximum atomic E-state index is 12.6. The molecule has 0 saturated carbocycles. The molecular formula is C21H26N4O3. The molecule has 7 heteroatoms. The minimum Gasteiger partial charge on any atom is -0.372 e. The number of anilines is 1. The highest BCUT2D eigenvalue weighted by Gasteiger charge is 2.26. The number of morpholine rings is 1. The van der Waals surface area contributed by atoms with E-state index in [-0.39, 0.29) is 30.2 Å². The predicted molar refractivity (Wildman–Crippen MR) is 106 cm³/mol. The van der Waals surface area contributed by atoms with E-state index in [1.165, 1.54) is 15.8 Å². The highest BCUT2D eigenvalue weighted by molar-refractivity contribution is 5.76. The fourth-order valence-electron chi connectivity index (χ4n) is 4.04. The van der Waals surface area contributed by atoms with Crippen molar-refractivity contribution in [2.45, 2.75) is 45.6 Å². The average molecular weight is 382 g/mol. The Balaban J connectivity index is 1.45. The molecule has 4 rings (SSSR count). The summed E-state index contributed by atoms with van der Waals surface area (Å²) in [6.07, 6.45) is 2.64. The summed E-state index contributed by atoms with van der Waals surface area (Å²) in [6.45, 7) is 6.57. The molecule has 2 atom stereocenters. The fraction of sp³-hybridized carbons (Fsp3) is 0.476. The van der Waals surface area contributed by atoms with Crippen LogP contribution in [0.25, 0.3) is 0 Å². The molecule has 1 amide bonds. The Labute approximate surface area is 164 Å². The Bertz CT molecular complexity index is 916. The lowest BCUT2D eigenvalue weighted by Crippen LogP contribution is -2.49. The van der Waals surface area contributed by atoms with Crippen molar-refractivity contribution < 1.29 is 9.53 Å². The summed E-state index contributed by atoms with van der Waals surface area (Å²) in [4.78, 5) is 29.1. The van der Waals surface area contributed by atoms with Crippen LogP contribution >= 0.6 is 0 Å². The molecule has 0 unspecified atom stereocenters. The van der Waals surface area contributed by atoms with Crippen molar-refractivity contribution in [1.29, 1.82) is 0 Å². The van der Waals surface area contributed by atoms with Crippen LogP contribution in [0.15, 0.2) is 41.3 Å². The fourth-order valence-corrected chi connectivity index (χ4v) is 4.04. The molecule has 0 radical (unpaired) electrons. The molecule has 1 saturated heterocycles. The number of ether oxygens (including phenoxy) is 1. The molecule has 0 bridgehead atoms. The molecule has 148 valence electrons. The van der Waals surface area contributed by atoms with Crippen molar-refractivity contribution in [3.8, 4) is 0 Å². The van der Waals surface area contributed by atoms with Crippen molar-refractivity contribution >= 4 is 11.6 Å². The molecule has 28 heavy (non-hydrogen) atoms. The van der Waals surface area contributed by atoms with Gasteiger partial charge < -0.3 is 14.5 Å². The van der Waals surface area contributed by atoms with E-state index >= 15 is 0 Å². The number of carbonyl (C=O) groups excluding carboxylic acids is 1. The highest BCUT2D eigenvalue weighted by Crippen LogP contribution is 2.22. The van der Waals surface area contributed by atoms with Gasteiger partial charge in [0.2, 0.25) is 5.91 Å². The SMILES string of the molecule is C[C@@H]1CN(C(=O)Cn2ncc(N3CCc4ccccc4C3)cc2=O)C[C@H](C)O1. The Morgan fingerprint density at radius 1 is 1.18 bits per heavy atom. The number of hydrogen-bond donors (Lipinski definition) is 0. The van der Waals surface area contributed by atoms with Gasteiger partial charge in [-0.05, 0) is 31.4 Å². The van der Waals surface area contributed by atoms with E-state index in [0.29, 0.717) is 13.1 Å². The normalized spacial score (nSPS) is 22.1. The number of benzene rings is 1. The monoisotopic (exact) mass is 382 g/mol. The van der Waals surface area contributed by atoms with Gasteiger partial charge in [0.1, 0.15) is 6.54 Å². The highest BCUT2D eigenvalue weighted by atomic mass is 16.5. The van der Waals surface area contributed by atoms with Crippen molar-refractivity contribution in [3.05, 3.63) is 58.0 Å². The van der Waals surface area contributed by atoms with E-state index in [1.54, 1.807) is 17.2 Å². The van der Waals surface area contributed by atoms with E-state index in [0.717, 1.165) is 25.2 Å². The first kappa shape index (κ1) is 18.7. The number of amides is 1. The summed E-state index contributed by atoms with van der Waals surface area (Å²) in [5.74, 6) is -0.101. The first-order valence-electron chi connectivity index (χ1n) is 9.82. The first-order valence-corrected chi connectivity index (χ1v) is 9.82. The number of aromatic nitrogens is 2. The lowest BCUT2D eigenvalue weighted by molar-refractivity contribution is -0.144. The molecule has 1 aromatic carbocycles. The van der Waals surface area contributed by atoms with Crippen LogP contribution in [-0.4, -0.2) is 52.4 Å². The lowest BCUT2D eigenvalue weighted by atomic mass is 10.00. The summed E-state index contributed by atoms with van der Waals surface area (Å²) in [5.41, 5.74) is 3.19. The molecule has 0 aliphatic carbocycles. The van der Waals surface area contributed by atoms with E-state index in [9.17, 15) is 9.59 Å². The van der Waals surface area contributed by atoms with Crippen molar-refractivity contribution in [2.24, 2.45) is 0 Å². The standard InChI is InChI=1S/C21H26N4O3/c1-15-11-24(12-16(2)28-15)21(27)14-25-20(26)9-19(10-22-25)23-8-7-17-5-3-4-6-18(17)13-23/h3-6,9-10,15-16H,7-8,11-14H2,1-2H3/t15-,16+. The third kappa shape index (κ3) is 3.94. The zero-order chi connectivity index (χ0) is 19.7. The number of nitrogens with zero attached hydrogens (tertiary/aromatic N) is 4. The van der Waals surface area contributed by atoms with E-state index in [2.05, 4.69) is 28.2 Å². The van der Waals surface area contributed by atoms with Gasteiger partial charge in [0.25, 0.3) is 5.56 Å². The second-order valence-electron chi connectivity index (χ2n) is 7.71. The molecule has 0 N–H and O–H groups in total. The maximum absolute atomic E-state index is 12.6. The van der Waals surface area contributed by atoms with Gasteiger partial charge in [0.15, 0.2) is 0 Å². The summed E-state index contributed by atoms with van der Waals surface area (Å²) < 4.78 is 6.91. The third-order valence-corrected chi connectivity index (χ3v) is 5.41. The Morgan fingerprint density at radius 2 is 1.89 bits per heavy atom. The van der Waals surface area contributed by atoms with Gasteiger partial charge >= 0.3 is 0 Å². The lowest BCUT2D eigenvalue weighted by Gasteiger charge is -2.35. The largest absolute Gasteiger partial charge is 0.372 e. The molecule has 1 aromatic heterocycles. The smallest absolute Gasteiger partial charge is 0.269 e.